The van der Waals surface area contributed by atoms with Gasteiger partial charge >= 0.3 is 0 Å². The minimum absolute atomic E-state index is 0.284. The lowest BCUT2D eigenvalue weighted by Crippen LogP contribution is -2.07. The fourth-order valence-corrected chi connectivity index (χ4v) is 2.95. The number of aryl methyl sites for hydroxylation is 1. The topological polar surface area (TPSA) is 50.7 Å². The fraction of sp³-hybridized carbons (Fsp3) is 0.267. The molecule has 1 N–H and O–H groups in total. The molecule has 2 heterocycles. The maximum atomic E-state index is 13.4. The summed E-state index contributed by atoms with van der Waals surface area (Å²) in [6, 6.07) is 4.52. The molecule has 0 saturated carbocycles. The zero-order valence-corrected chi connectivity index (χ0v) is 12.5. The number of nitrogens with one attached hydrogen (secondary N) is 1. The minimum Gasteiger partial charge on any atom is -0.369 e. The molecule has 0 spiro atoms. The molecular weight excluding hydrogens is 287 g/mol. The maximum Gasteiger partial charge on any atom is 0.137 e. The number of hydrogen-bond acceptors (Lipinski definition) is 5. The van der Waals surface area contributed by atoms with Gasteiger partial charge in [0.05, 0.1) is 10.5 Å². The van der Waals surface area contributed by atoms with Gasteiger partial charge in [0.1, 0.15) is 18.0 Å². The molecule has 0 aliphatic carbocycles. The summed E-state index contributed by atoms with van der Waals surface area (Å²) >= 11 is 1.73. The second kappa shape index (κ2) is 6.13. The molecule has 0 fully saturated rings. The summed E-state index contributed by atoms with van der Waals surface area (Å²) < 4.78 is 13.4. The Kier molecular flexibility index (Phi) is 4.06. The quantitative estimate of drug-likeness (QED) is 0.784. The van der Waals surface area contributed by atoms with Crippen molar-refractivity contribution in [2.75, 3.05) is 11.9 Å². The lowest BCUT2D eigenvalue weighted by molar-refractivity contribution is 0.629. The van der Waals surface area contributed by atoms with Crippen molar-refractivity contribution in [1.82, 2.24) is 15.0 Å². The molecule has 0 bridgehead atoms. The van der Waals surface area contributed by atoms with E-state index < -0.39 is 0 Å². The van der Waals surface area contributed by atoms with Crippen LogP contribution in [0, 0.1) is 5.82 Å². The second-order valence-electron chi connectivity index (χ2n) is 4.63. The average Bonchev–Trinajstić information content (AvgIpc) is 2.96. The standard InChI is InChI=1S/C15H15FN4S/c1-2-11-8-18-14(21-11)5-6-17-15-12-7-10(16)3-4-13(12)19-9-20-15/h3-4,7-9H,2,5-6H2,1H3,(H,17,19,20). The van der Waals surface area contributed by atoms with E-state index in [1.165, 1.54) is 23.3 Å². The number of nitrogens with zero attached hydrogens (tertiary/aromatic N) is 3. The molecular formula is C15H15FN4S. The predicted octanol–water partition coefficient (Wildman–Crippen LogP) is 3.44. The Morgan fingerprint density at radius 1 is 1.24 bits per heavy atom. The summed E-state index contributed by atoms with van der Waals surface area (Å²) in [5.74, 6) is 0.375. The number of thiazole rings is 1. The number of fused-ring (bicyclic) bond motifs is 1. The largest absolute Gasteiger partial charge is 0.369 e. The summed E-state index contributed by atoms with van der Waals surface area (Å²) in [4.78, 5) is 14.0. The monoisotopic (exact) mass is 302 g/mol. The van der Waals surface area contributed by atoms with Crippen molar-refractivity contribution in [3.05, 3.63) is 46.4 Å². The van der Waals surface area contributed by atoms with Gasteiger partial charge < -0.3 is 5.32 Å². The molecule has 0 atom stereocenters. The SMILES string of the molecule is CCc1cnc(CCNc2ncnc3ccc(F)cc23)s1. The van der Waals surface area contributed by atoms with Crippen LogP contribution in [-0.4, -0.2) is 21.5 Å². The van der Waals surface area contributed by atoms with Crippen LogP contribution in [0.4, 0.5) is 10.2 Å². The normalized spacial score (nSPS) is 11.0. The van der Waals surface area contributed by atoms with E-state index in [-0.39, 0.29) is 5.82 Å². The van der Waals surface area contributed by atoms with Gasteiger partial charge in [-0.2, -0.15) is 0 Å². The Hall–Kier alpha value is -2.08. The van der Waals surface area contributed by atoms with Crippen LogP contribution in [0.1, 0.15) is 16.8 Å². The first-order valence-electron chi connectivity index (χ1n) is 6.84. The van der Waals surface area contributed by atoms with Crippen molar-refractivity contribution < 1.29 is 4.39 Å². The average molecular weight is 302 g/mol. The van der Waals surface area contributed by atoms with Crippen LogP contribution in [0.2, 0.25) is 0 Å². The van der Waals surface area contributed by atoms with Gasteiger partial charge in [-0.3, -0.25) is 0 Å². The van der Waals surface area contributed by atoms with Gasteiger partial charge in [0.25, 0.3) is 0 Å². The third-order valence-corrected chi connectivity index (χ3v) is 4.38. The van der Waals surface area contributed by atoms with Gasteiger partial charge in [-0.05, 0) is 24.6 Å². The smallest absolute Gasteiger partial charge is 0.137 e. The van der Waals surface area contributed by atoms with Crippen molar-refractivity contribution in [3.63, 3.8) is 0 Å². The highest BCUT2D eigenvalue weighted by molar-refractivity contribution is 7.11. The van der Waals surface area contributed by atoms with E-state index in [1.54, 1.807) is 17.4 Å². The summed E-state index contributed by atoms with van der Waals surface area (Å²) in [7, 11) is 0. The molecule has 0 saturated heterocycles. The van der Waals surface area contributed by atoms with Gasteiger partial charge in [-0.15, -0.1) is 11.3 Å². The van der Waals surface area contributed by atoms with Crippen molar-refractivity contribution in [2.45, 2.75) is 19.8 Å². The van der Waals surface area contributed by atoms with Gasteiger partial charge in [-0.1, -0.05) is 6.92 Å². The molecule has 0 aliphatic rings. The molecule has 1 aromatic carbocycles. The van der Waals surface area contributed by atoms with E-state index in [0.29, 0.717) is 17.7 Å². The third-order valence-electron chi connectivity index (χ3n) is 3.18. The summed E-state index contributed by atoms with van der Waals surface area (Å²) in [5.41, 5.74) is 0.733. The van der Waals surface area contributed by atoms with E-state index in [9.17, 15) is 4.39 Å². The number of rotatable bonds is 5. The molecule has 4 nitrogen and oxygen atoms in total. The van der Waals surface area contributed by atoms with Crippen molar-refractivity contribution in [2.24, 2.45) is 0 Å². The molecule has 0 radical (unpaired) electrons. The molecule has 108 valence electrons. The van der Waals surface area contributed by atoms with Crippen LogP contribution >= 0.6 is 11.3 Å². The molecule has 0 amide bonds. The van der Waals surface area contributed by atoms with Crippen LogP contribution in [0.15, 0.2) is 30.7 Å². The fourth-order valence-electron chi connectivity index (χ4n) is 2.08. The molecule has 0 unspecified atom stereocenters. The van der Waals surface area contributed by atoms with Crippen LogP contribution in [0.5, 0.6) is 0 Å². The van der Waals surface area contributed by atoms with Crippen molar-refractivity contribution >= 4 is 28.1 Å². The zero-order valence-electron chi connectivity index (χ0n) is 11.6. The van der Waals surface area contributed by atoms with Crippen molar-refractivity contribution in [3.8, 4) is 0 Å². The Morgan fingerprint density at radius 2 is 2.14 bits per heavy atom. The molecule has 3 aromatic rings. The Labute approximate surface area is 126 Å². The maximum absolute atomic E-state index is 13.4. The zero-order chi connectivity index (χ0) is 14.7. The number of halogens is 1. The number of hydrogen-bond donors (Lipinski definition) is 1. The summed E-state index contributed by atoms with van der Waals surface area (Å²) in [5, 5.41) is 5.04. The molecule has 2 aromatic heterocycles. The number of anilines is 1. The first-order valence-corrected chi connectivity index (χ1v) is 7.65. The van der Waals surface area contributed by atoms with Gasteiger partial charge in [0, 0.05) is 29.4 Å². The van der Waals surface area contributed by atoms with Crippen LogP contribution in [-0.2, 0) is 12.8 Å². The highest BCUT2D eigenvalue weighted by Crippen LogP contribution is 2.20. The highest BCUT2D eigenvalue weighted by Gasteiger charge is 2.05. The van der Waals surface area contributed by atoms with E-state index >= 15 is 0 Å². The molecule has 6 heteroatoms. The predicted molar refractivity (Wildman–Crippen MR) is 83.2 cm³/mol. The Morgan fingerprint density at radius 3 is 2.95 bits per heavy atom. The van der Waals surface area contributed by atoms with Gasteiger partial charge in [0.15, 0.2) is 0 Å². The Balaban J connectivity index is 1.71. The molecule has 3 rings (SSSR count). The number of aromatic nitrogens is 3. The lowest BCUT2D eigenvalue weighted by Gasteiger charge is -2.07. The van der Waals surface area contributed by atoms with Crippen LogP contribution in [0.3, 0.4) is 0 Å². The first-order chi connectivity index (χ1) is 10.3. The van der Waals surface area contributed by atoms with Gasteiger partial charge in [-0.25, -0.2) is 19.3 Å². The highest BCUT2D eigenvalue weighted by atomic mass is 32.1. The lowest BCUT2D eigenvalue weighted by atomic mass is 10.2. The van der Waals surface area contributed by atoms with E-state index in [0.717, 1.165) is 23.4 Å². The third kappa shape index (κ3) is 3.16. The molecule has 0 aliphatic heterocycles. The Bertz CT molecular complexity index is 756. The number of benzene rings is 1. The van der Waals surface area contributed by atoms with Crippen LogP contribution in [0.25, 0.3) is 10.9 Å². The van der Waals surface area contributed by atoms with E-state index in [4.69, 9.17) is 0 Å². The second-order valence-corrected chi connectivity index (χ2v) is 5.83. The molecule has 21 heavy (non-hydrogen) atoms. The minimum atomic E-state index is -0.284. The van der Waals surface area contributed by atoms with E-state index in [2.05, 4.69) is 27.2 Å². The van der Waals surface area contributed by atoms with Gasteiger partial charge in [0.2, 0.25) is 0 Å². The van der Waals surface area contributed by atoms with Crippen LogP contribution < -0.4 is 5.32 Å². The summed E-state index contributed by atoms with van der Waals surface area (Å²) in [6.07, 6.45) is 5.25. The van der Waals surface area contributed by atoms with Crippen molar-refractivity contribution in [1.29, 1.82) is 0 Å². The first kappa shape index (κ1) is 13.9. The summed E-state index contributed by atoms with van der Waals surface area (Å²) in [6.45, 7) is 2.83. The van der Waals surface area contributed by atoms with E-state index in [1.807, 2.05) is 6.20 Å².